The van der Waals surface area contributed by atoms with Gasteiger partial charge in [0.1, 0.15) is 5.69 Å². The van der Waals surface area contributed by atoms with Gasteiger partial charge >= 0.3 is 0 Å². The van der Waals surface area contributed by atoms with Crippen LogP contribution in [0.25, 0.3) is 11.5 Å². The topological polar surface area (TPSA) is 68.3 Å². The van der Waals surface area contributed by atoms with E-state index in [9.17, 15) is 9.59 Å². The Balaban J connectivity index is 1.44. The van der Waals surface area contributed by atoms with Gasteiger partial charge in [-0.15, -0.1) is 0 Å². The van der Waals surface area contributed by atoms with Crippen molar-refractivity contribution in [3.05, 3.63) is 63.3 Å². The van der Waals surface area contributed by atoms with E-state index in [1.54, 1.807) is 34.4 Å². The van der Waals surface area contributed by atoms with Crippen LogP contribution in [0, 0.1) is 0 Å². The first kappa shape index (κ1) is 16.8. The predicted molar refractivity (Wildman–Crippen MR) is 99.1 cm³/mol. The van der Waals surface area contributed by atoms with Crippen LogP contribution in [0.5, 0.6) is 0 Å². The smallest absolute Gasteiger partial charge is 0.267 e. The van der Waals surface area contributed by atoms with Gasteiger partial charge < -0.3 is 9.32 Å². The van der Waals surface area contributed by atoms with E-state index < -0.39 is 0 Å². The Hall–Kier alpha value is -2.67. The van der Waals surface area contributed by atoms with Crippen LogP contribution in [0.1, 0.15) is 24.4 Å². The van der Waals surface area contributed by atoms with Gasteiger partial charge in [0.25, 0.3) is 5.56 Å². The molecule has 3 aromatic rings. The Kier molecular flexibility index (Phi) is 4.71. The zero-order chi connectivity index (χ0) is 17.9. The molecule has 1 saturated heterocycles. The van der Waals surface area contributed by atoms with Crippen molar-refractivity contribution in [1.29, 1.82) is 0 Å². The Morgan fingerprint density at radius 1 is 1.23 bits per heavy atom. The first-order valence-electron chi connectivity index (χ1n) is 8.63. The molecule has 6 nitrogen and oxygen atoms in total. The molecule has 1 aliphatic rings. The summed E-state index contributed by atoms with van der Waals surface area (Å²) in [4.78, 5) is 26.6. The zero-order valence-corrected chi connectivity index (χ0v) is 15.0. The van der Waals surface area contributed by atoms with Gasteiger partial charge in [0.05, 0.1) is 18.7 Å². The first-order chi connectivity index (χ1) is 12.7. The monoisotopic (exact) mass is 369 g/mol. The number of rotatable bonds is 4. The minimum Gasteiger partial charge on any atom is -0.463 e. The van der Waals surface area contributed by atoms with E-state index in [0.29, 0.717) is 31.0 Å². The third-order valence-electron chi connectivity index (χ3n) is 4.70. The highest BCUT2D eigenvalue weighted by Crippen LogP contribution is 2.23. The van der Waals surface area contributed by atoms with Crippen LogP contribution in [0.3, 0.4) is 0 Å². The molecule has 1 amide bonds. The fourth-order valence-corrected chi connectivity index (χ4v) is 3.95. The standard InChI is InChI=1S/C19H19N3O3S/c23-18-4-3-16(17-2-1-10-25-17)20-22(18)15-5-8-21(9-6-15)19(24)12-14-7-11-26-13-14/h1-4,7,10-11,13,15H,5-6,8-9,12H2. The van der Waals surface area contributed by atoms with Gasteiger partial charge in [0.2, 0.25) is 5.91 Å². The number of likely N-dealkylation sites (tertiary alicyclic amines) is 1. The molecule has 0 aliphatic carbocycles. The average molecular weight is 369 g/mol. The van der Waals surface area contributed by atoms with Crippen molar-refractivity contribution in [2.24, 2.45) is 0 Å². The molecule has 3 aromatic heterocycles. The number of aromatic nitrogens is 2. The minimum atomic E-state index is -0.122. The Labute approximate surface area is 154 Å². The molecule has 0 aromatic carbocycles. The van der Waals surface area contributed by atoms with E-state index in [0.717, 1.165) is 18.4 Å². The fraction of sp³-hybridized carbons (Fsp3) is 0.316. The molecule has 0 atom stereocenters. The lowest BCUT2D eigenvalue weighted by molar-refractivity contribution is -0.131. The molecule has 0 radical (unpaired) electrons. The van der Waals surface area contributed by atoms with Crippen molar-refractivity contribution in [1.82, 2.24) is 14.7 Å². The molecule has 0 bridgehead atoms. The fourth-order valence-electron chi connectivity index (χ4n) is 3.28. The molecule has 26 heavy (non-hydrogen) atoms. The van der Waals surface area contributed by atoms with Crippen molar-refractivity contribution >= 4 is 17.2 Å². The normalized spacial score (nSPS) is 15.3. The summed E-state index contributed by atoms with van der Waals surface area (Å²) in [5.41, 5.74) is 1.58. The second-order valence-corrected chi connectivity index (χ2v) is 7.18. The second-order valence-electron chi connectivity index (χ2n) is 6.40. The lowest BCUT2D eigenvalue weighted by Crippen LogP contribution is -2.42. The van der Waals surface area contributed by atoms with E-state index in [2.05, 4.69) is 5.10 Å². The van der Waals surface area contributed by atoms with Crippen LogP contribution in [-0.4, -0.2) is 33.7 Å². The molecule has 4 rings (SSSR count). The van der Waals surface area contributed by atoms with Crippen LogP contribution in [0.15, 0.2) is 56.6 Å². The van der Waals surface area contributed by atoms with E-state index in [4.69, 9.17) is 4.42 Å². The number of nitrogens with zero attached hydrogens (tertiary/aromatic N) is 3. The predicted octanol–water partition coefficient (Wildman–Crippen LogP) is 2.97. The van der Waals surface area contributed by atoms with E-state index >= 15 is 0 Å². The quantitative estimate of drug-likeness (QED) is 0.709. The van der Waals surface area contributed by atoms with E-state index in [1.165, 1.54) is 6.07 Å². The summed E-state index contributed by atoms with van der Waals surface area (Å²) in [6.45, 7) is 1.29. The van der Waals surface area contributed by atoms with Gasteiger partial charge in [-0.05, 0) is 53.4 Å². The van der Waals surface area contributed by atoms with Crippen molar-refractivity contribution in [2.45, 2.75) is 25.3 Å². The summed E-state index contributed by atoms with van der Waals surface area (Å²) < 4.78 is 6.91. The van der Waals surface area contributed by atoms with Crippen LogP contribution < -0.4 is 5.56 Å². The summed E-state index contributed by atoms with van der Waals surface area (Å²) in [7, 11) is 0. The van der Waals surface area contributed by atoms with Crippen molar-refractivity contribution in [2.75, 3.05) is 13.1 Å². The van der Waals surface area contributed by atoms with Crippen LogP contribution in [0.4, 0.5) is 0 Å². The van der Waals surface area contributed by atoms with Crippen molar-refractivity contribution < 1.29 is 9.21 Å². The molecule has 0 spiro atoms. The number of carbonyl (C=O) groups excluding carboxylic acids is 1. The van der Waals surface area contributed by atoms with Gasteiger partial charge in [0, 0.05) is 19.2 Å². The Morgan fingerprint density at radius 3 is 2.77 bits per heavy atom. The number of carbonyl (C=O) groups is 1. The number of thiophene rings is 1. The summed E-state index contributed by atoms with van der Waals surface area (Å²) in [6, 6.07) is 8.81. The molecule has 1 fully saturated rings. The van der Waals surface area contributed by atoms with Gasteiger partial charge in [-0.3, -0.25) is 9.59 Å². The zero-order valence-electron chi connectivity index (χ0n) is 14.2. The lowest BCUT2D eigenvalue weighted by Gasteiger charge is -2.32. The van der Waals surface area contributed by atoms with Crippen LogP contribution in [-0.2, 0) is 11.2 Å². The lowest BCUT2D eigenvalue weighted by atomic mass is 10.0. The molecule has 0 unspecified atom stereocenters. The van der Waals surface area contributed by atoms with Crippen LogP contribution in [0.2, 0.25) is 0 Å². The van der Waals surface area contributed by atoms with Gasteiger partial charge in [-0.2, -0.15) is 16.4 Å². The second kappa shape index (κ2) is 7.29. The average Bonchev–Trinajstić information content (AvgIpc) is 3.36. The summed E-state index contributed by atoms with van der Waals surface area (Å²) in [5, 5.41) is 8.47. The molecular formula is C19H19N3O3S. The SMILES string of the molecule is O=C(Cc1ccsc1)N1CCC(n2nc(-c3ccco3)ccc2=O)CC1. The molecule has 134 valence electrons. The number of hydrogen-bond acceptors (Lipinski definition) is 5. The highest BCUT2D eigenvalue weighted by atomic mass is 32.1. The molecular weight excluding hydrogens is 350 g/mol. The highest BCUT2D eigenvalue weighted by Gasteiger charge is 2.25. The number of amides is 1. The van der Waals surface area contributed by atoms with Gasteiger partial charge in [-0.1, -0.05) is 0 Å². The highest BCUT2D eigenvalue weighted by molar-refractivity contribution is 7.08. The third-order valence-corrected chi connectivity index (χ3v) is 5.43. The van der Waals surface area contributed by atoms with E-state index in [1.807, 2.05) is 27.8 Å². The summed E-state index contributed by atoms with van der Waals surface area (Å²) >= 11 is 1.60. The first-order valence-corrected chi connectivity index (χ1v) is 9.57. The number of piperidine rings is 1. The molecule has 7 heteroatoms. The largest absolute Gasteiger partial charge is 0.463 e. The molecule has 0 N–H and O–H groups in total. The van der Waals surface area contributed by atoms with Gasteiger partial charge in [-0.25, -0.2) is 4.68 Å². The number of hydrogen-bond donors (Lipinski definition) is 0. The Morgan fingerprint density at radius 2 is 2.08 bits per heavy atom. The molecule has 0 saturated carbocycles. The maximum atomic E-state index is 12.4. The maximum absolute atomic E-state index is 12.4. The Bertz CT molecular complexity index is 923. The third kappa shape index (κ3) is 3.48. The van der Waals surface area contributed by atoms with E-state index in [-0.39, 0.29) is 17.5 Å². The number of furan rings is 1. The maximum Gasteiger partial charge on any atom is 0.267 e. The molecule has 4 heterocycles. The van der Waals surface area contributed by atoms with Crippen molar-refractivity contribution in [3.8, 4) is 11.5 Å². The van der Waals surface area contributed by atoms with Gasteiger partial charge in [0.15, 0.2) is 5.76 Å². The summed E-state index contributed by atoms with van der Waals surface area (Å²) in [5.74, 6) is 0.786. The molecule has 1 aliphatic heterocycles. The van der Waals surface area contributed by atoms with Crippen LogP contribution >= 0.6 is 11.3 Å². The summed E-state index contributed by atoms with van der Waals surface area (Å²) in [6.07, 6.45) is 3.48. The minimum absolute atomic E-state index is 0.00242. The van der Waals surface area contributed by atoms with Crippen molar-refractivity contribution in [3.63, 3.8) is 0 Å².